The number of likely N-dealkylation sites (N-methyl/N-ethyl adjacent to an activating group) is 1. The highest BCUT2D eigenvalue weighted by Crippen LogP contribution is 2.29. The maximum atomic E-state index is 13.1. The quantitative estimate of drug-likeness (QED) is 0.683. The van der Waals surface area contributed by atoms with Crippen LogP contribution in [-0.4, -0.2) is 109 Å². The fraction of sp³-hybridized carbons (Fsp3) is 0.652. The second kappa shape index (κ2) is 11.0. The Balaban J connectivity index is 1.39. The lowest BCUT2D eigenvalue weighted by molar-refractivity contribution is -0.155. The smallest absolute Gasteiger partial charge is 0.322 e. The van der Waals surface area contributed by atoms with Gasteiger partial charge in [-0.25, -0.2) is 4.79 Å². The van der Waals surface area contributed by atoms with Crippen LogP contribution in [0.1, 0.15) is 19.3 Å². The number of amides is 3. The van der Waals surface area contributed by atoms with Crippen molar-refractivity contribution in [1.82, 2.24) is 14.7 Å². The summed E-state index contributed by atoms with van der Waals surface area (Å²) in [5, 5.41) is 13.8. The lowest BCUT2D eigenvalue weighted by atomic mass is 9.94. The largest absolute Gasteiger partial charge is 0.389 e. The van der Waals surface area contributed by atoms with Crippen LogP contribution in [0, 0.1) is 0 Å². The van der Waals surface area contributed by atoms with Crippen molar-refractivity contribution in [2.24, 2.45) is 0 Å². The summed E-state index contributed by atoms with van der Waals surface area (Å²) in [6, 6.07) is 6.34. The van der Waals surface area contributed by atoms with E-state index in [2.05, 4.69) is 17.3 Å². The minimum absolute atomic E-state index is 0.117. The van der Waals surface area contributed by atoms with Crippen molar-refractivity contribution in [1.29, 1.82) is 0 Å². The monoisotopic (exact) mass is 480 g/mol. The molecule has 9 nitrogen and oxygen atoms in total. The molecule has 0 spiro atoms. The van der Waals surface area contributed by atoms with Crippen molar-refractivity contribution in [2.45, 2.75) is 43.6 Å². The number of aliphatic hydroxyl groups is 1. The van der Waals surface area contributed by atoms with Gasteiger partial charge < -0.3 is 34.6 Å². The van der Waals surface area contributed by atoms with Crippen molar-refractivity contribution in [3.05, 3.63) is 29.3 Å². The van der Waals surface area contributed by atoms with E-state index in [9.17, 15) is 14.7 Å². The fourth-order valence-electron chi connectivity index (χ4n) is 4.68. The van der Waals surface area contributed by atoms with E-state index in [1.807, 2.05) is 4.90 Å². The highest BCUT2D eigenvalue weighted by molar-refractivity contribution is 6.30. The third-order valence-electron chi connectivity index (χ3n) is 6.60. The summed E-state index contributed by atoms with van der Waals surface area (Å²) in [6.07, 6.45) is 0.349. The van der Waals surface area contributed by atoms with Crippen LogP contribution in [-0.2, 0) is 14.3 Å². The van der Waals surface area contributed by atoms with Crippen molar-refractivity contribution < 1.29 is 24.2 Å². The second-order valence-electron chi connectivity index (χ2n) is 9.11. The number of fused-ring (bicyclic) bond motifs is 1. The average Bonchev–Trinajstić information content (AvgIpc) is 2.78. The van der Waals surface area contributed by atoms with Gasteiger partial charge in [-0.1, -0.05) is 11.6 Å². The third kappa shape index (κ3) is 6.36. The maximum absolute atomic E-state index is 13.1. The zero-order valence-electron chi connectivity index (χ0n) is 19.0. The number of rotatable bonds is 3. The summed E-state index contributed by atoms with van der Waals surface area (Å²) in [6.45, 7) is 3.80. The van der Waals surface area contributed by atoms with Crippen LogP contribution in [0.2, 0.25) is 5.02 Å². The van der Waals surface area contributed by atoms with Crippen molar-refractivity contribution >= 4 is 29.2 Å². The molecule has 0 radical (unpaired) electrons. The molecule has 1 aromatic rings. The van der Waals surface area contributed by atoms with E-state index in [1.165, 1.54) is 0 Å². The Morgan fingerprint density at radius 3 is 2.58 bits per heavy atom. The number of nitrogens with zero attached hydrogens (tertiary/aromatic N) is 3. The van der Waals surface area contributed by atoms with Gasteiger partial charge in [0.15, 0.2) is 0 Å². The Labute approximate surface area is 199 Å². The first kappa shape index (κ1) is 24.2. The van der Waals surface area contributed by atoms with E-state index in [0.717, 1.165) is 26.2 Å². The molecule has 2 N–H and O–H groups in total. The van der Waals surface area contributed by atoms with Crippen LogP contribution in [0.15, 0.2) is 24.3 Å². The van der Waals surface area contributed by atoms with Gasteiger partial charge in [0.2, 0.25) is 5.91 Å². The number of ether oxygens (including phenoxy) is 2. The van der Waals surface area contributed by atoms with Gasteiger partial charge in [-0.3, -0.25) is 4.79 Å². The third-order valence-corrected chi connectivity index (χ3v) is 6.85. The number of nitrogens with one attached hydrogen (secondary N) is 1. The van der Waals surface area contributed by atoms with Crippen LogP contribution < -0.4 is 5.32 Å². The zero-order valence-corrected chi connectivity index (χ0v) is 19.7. The van der Waals surface area contributed by atoms with Crippen LogP contribution in [0.25, 0.3) is 0 Å². The van der Waals surface area contributed by atoms with Crippen molar-refractivity contribution in [2.75, 3.05) is 58.3 Å². The summed E-state index contributed by atoms with van der Waals surface area (Å²) in [5.74, 6) is 0.117. The molecule has 3 aliphatic rings. The zero-order chi connectivity index (χ0) is 23.4. The summed E-state index contributed by atoms with van der Waals surface area (Å²) < 4.78 is 11.9. The molecule has 33 heavy (non-hydrogen) atoms. The van der Waals surface area contributed by atoms with Gasteiger partial charge in [-0.2, -0.15) is 0 Å². The van der Waals surface area contributed by atoms with Crippen molar-refractivity contribution in [3.8, 4) is 0 Å². The molecule has 3 amide bonds. The summed E-state index contributed by atoms with van der Waals surface area (Å²) in [4.78, 5) is 31.7. The summed E-state index contributed by atoms with van der Waals surface area (Å²) in [5.41, 5.74) is 0.626. The Bertz CT molecular complexity index is 818. The summed E-state index contributed by atoms with van der Waals surface area (Å²) >= 11 is 5.94. The normalized spacial score (nSPS) is 29.1. The number of hydrogen-bond acceptors (Lipinski definition) is 6. The molecular weight excluding hydrogens is 448 g/mol. The number of carbonyl (C=O) groups is 2. The van der Waals surface area contributed by atoms with Gasteiger partial charge >= 0.3 is 6.03 Å². The minimum atomic E-state index is -0.779. The maximum Gasteiger partial charge on any atom is 0.322 e. The van der Waals surface area contributed by atoms with E-state index in [1.54, 1.807) is 29.2 Å². The Kier molecular flexibility index (Phi) is 8.08. The molecule has 10 heteroatoms. The highest BCUT2D eigenvalue weighted by Gasteiger charge is 2.40. The molecule has 4 rings (SSSR count). The molecule has 0 aliphatic carbocycles. The van der Waals surface area contributed by atoms with Crippen LogP contribution in [0.3, 0.4) is 0 Å². The standard InChI is InChI=1S/C23H33ClN4O5/c1-26-8-10-27(11-9-26)22(30)12-19-6-7-20-21(33-19)15-32-14-18(29)13-28(20)23(31)25-17-4-2-16(24)3-5-17/h2-5,18-21,29H,6-15H2,1H3,(H,25,31)/t18-,19-,20+,21-/m0/s1. The van der Waals surface area contributed by atoms with Gasteiger partial charge in [0.05, 0.1) is 44.4 Å². The molecule has 1 aromatic carbocycles. The Hall–Kier alpha value is -1.91. The molecule has 3 aliphatic heterocycles. The molecule has 3 heterocycles. The van der Waals surface area contributed by atoms with E-state index >= 15 is 0 Å². The molecule has 0 saturated carbocycles. The number of β-amino-alcohol motifs (C(OH)–C–C–N with tert-alkyl or cyclic N) is 1. The first-order valence-electron chi connectivity index (χ1n) is 11.6. The van der Waals surface area contributed by atoms with E-state index < -0.39 is 6.10 Å². The second-order valence-corrected chi connectivity index (χ2v) is 9.55. The first-order chi connectivity index (χ1) is 15.9. The van der Waals surface area contributed by atoms with Gasteiger partial charge in [-0.15, -0.1) is 0 Å². The van der Waals surface area contributed by atoms with Crippen LogP contribution >= 0.6 is 11.6 Å². The number of hydrogen-bond donors (Lipinski definition) is 2. The number of halogens is 1. The molecule has 0 unspecified atom stereocenters. The lowest BCUT2D eigenvalue weighted by Gasteiger charge is -2.44. The lowest BCUT2D eigenvalue weighted by Crippen LogP contribution is -2.58. The predicted octanol–water partition coefficient (Wildman–Crippen LogP) is 1.65. The first-order valence-corrected chi connectivity index (χ1v) is 12.0. The Morgan fingerprint density at radius 2 is 1.85 bits per heavy atom. The minimum Gasteiger partial charge on any atom is -0.389 e. The molecule has 0 aromatic heterocycles. The van der Waals surface area contributed by atoms with Crippen molar-refractivity contribution in [3.63, 3.8) is 0 Å². The highest BCUT2D eigenvalue weighted by atomic mass is 35.5. The molecule has 182 valence electrons. The number of carbonyl (C=O) groups excluding carboxylic acids is 2. The van der Waals surface area contributed by atoms with Gasteiger partial charge in [0.25, 0.3) is 0 Å². The van der Waals surface area contributed by atoms with E-state index in [0.29, 0.717) is 30.0 Å². The molecular formula is C23H33ClN4O5. The van der Waals surface area contributed by atoms with Crippen LogP contribution in [0.5, 0.6) is 0 Å². The number of piperazine rings is 1. The number of anilines is 1. The topological polar surface area (TPSA) is 94.6 Å². The van der Waals surface area contributed by atoms with Gasteiger partial charge in [-0.05, 0) is 44.2 Å². The SMILES string of the molecule is CN1CCN(C(=O)C[C@@H]2CC[C@@H]3[C@H](COC[C@@H](O)CN3C(=O)Nc3ccc(Cl)cc3)O2)CC1. The molecule has 3 saturated heterocycles. The number of benzene rings is 1. The van der Waals surface area contributed by atoms with Gasteiger partial charge in [0.1, 0.15) is 6.10 Å². The molecule has 4 atom stereocenters. The Morgan fingerprint density at radius 1 is 1.12 bits per heavy atom. The van der Waals surface area contributed by atoms with Gasteiger partial charge in [0, 0.05) is 36.9 Å². The van der Waals surface area contributed by atoms with E-state index in [-0.39, 0.29) is 49.9 Å². The number of aliphatic hydroxyl groups excluding tert-OH is 1. The van der Waals surface area contributed by atoms with Crippen LogP contribution in [0.4, 0.5) is 10.5 Å². The average molecular weight is 481 g/mol. The molecule has 0 bridgehead atoms. The van der Waals surface area contributed by atoms with E-state index in [4.69, 9.17) is 21.1 Å². The number of urea groups is 1. The fourth-order valence-corrected chi connectivity index (χ4v) is 4.81. The molecule has 3 fully saturated rings. The summed E-state index contributed by atoms with van der Waals surface area (Å²) in [7, 11) is 2.06. The predicted molar refractivity (Wildman–Crippen MR) is 124 cm³/mol.